The lowest BCUT2D eigenvalue weighted by Crippen LogP contribution is -2.07. The topological polar surface area (TPSA) is 17.1 Å². The average Bonchev–Trinajstić information content (AvgIpc) is 2.72. The van der Waals surface area contributed by atoms with Crippen LogP contribution in [0, 0.1) is 17.7 Å². The molecule has 0 unspecified atom stereocenters. The summed E-state index contributed by atoms with van der Waals surface area (Å²) in [6.45, 7) is 1.67. The SMILES string of the molecule is CC(=O)[C@@H]1CC[C@@H](Cc2ccc(F)c(Cl)c2)C1. The van der Waals surface area contributed by atoms with E-state index >= 15 is 0 Å². The zero-order valence-electron chi connectivity index (χ0n) is 9.88. The summed E-state index contributed by atoms with van der Waals surface area (Å²) in [4.78, 5) is 11.3. The number of hydrogen-bond donors (Lipinski definition) is 0. The first-order valence-corrected chi connectivity index (χ1v) is 6.38. The Morgan fingerprint density at radius 2 is 2.24 bits per heavy atom. The first-order valence-electron chi connectivity index (χ1n) is 6.00. The lowest BCUT2D eigenvalue weighted by atomic mass is 9.96. The number of rotatable bonds is 3. The van der Waals surface area contributed by atoms with Crippen LogP contribution in [0.5, 0.6) is 0 Å². The average molecular weight is 255 g/mol. The molecule has 17 heavy (non-hydrogen) atoms. The summed E-state index contributed by atoms with van der Waals surface area (Å²) in [5, 5.41) is 0.184. The van der Waals surface area contributed by atoms with E-state index in [0.29, 0.717) is 11.7 Å². The van der Waals surface area contributed by atoms with E-state index in [0.717, 1.165) is 31.2 Å². The second kappa shape index (κ2) is 5.18. The zero-order chi connectivity index (χ0) is 12.4. The highest BCUT2D eigenvalue weighted by atomic mass is 35.5. The molecule has 92 valence electrons. The van der Waals surface area contributed by atoms with Gasteiger partial charge >= 0.3 is 0 Å². The van der Waals surface area contributed by atoms with Gasteiger partial charge in [0, 0.05) is 5.92 Å². The molecule has 0 saturated heterocycles. The summed E-state index contributed by atoms with van der Waals surface area (Å²) in [7, 11) is 0. The monoisotopic (exact) mass is 254 g/mol. The van der Waals surface area contributed by atoms with Gasteiger partial charge in [-0.1, -0.05) is 17.7 Å². The van der Waals surface area contributed by atoms with E-state index in [-0.39, 0.29) is 16.8 Å². The first kappa shape index (κ1) is 12.6. The number of benzene rings is 1. The highest BCUT2D eigenvalue weighted by molar-refractivity contribution is 6.30. The molecular weight excluding hydrogens is 239 g/mol. The van der Waals surface area contributed by atoms with Crippen LogP contribution < -0.4 is 0 Å². The molecule has 0 aliphatic heterocycles. The summed E-state index contributed by atoms with van der Waals surface area (Å²) in [5.74, 6) is 0.689. The van der Waals surface area contributed by atoms with Crippen molar-refractivity contribution < 1.29 is 9.18 Å². The fourth-order valence-electron chi connectivity index (χ4n) is 2.63. The lowest BCUT2D eigenvalue weighted by molar-refractivity contribution is -0.120. The molecule has 1 fully saturated rings. The summed E-state index contributed by atoms with van der Waals surface area (Å²) < 4.78 is 13.0. The van der Waals surface area contributed by atoms with Crippen LogP contribution in [-0.4, -0.2) is 5.78 Å². The van der Waals surface area contributed by atoms with E-state index in [1.54, 1.807) is 19.1 Å². The fourth-order valence-corrected chi connectivity index (χ4v) is 2.83. The first-order chi connectivity index (χ1) is 8.06. The minimum atomic E-state index is -0.372. The predicted octanol–water partition coefficient (Wildman–Crippen LogP) is 4.03. The Hall–Kier alpha value is -0.890. The number of carbonyl (C=O) groups excluding carboxylic acids is 1. The maximum atomic E-state index is 13.0. The van der Waals surface area contributed by atoms with Crippen molar-refractivity contribution >= 4 is 17.4 Å². The van der Waals surface area contributed by atoms with Crippen LogP contribution in [0.3, 0.4) is 0 Å². The van der Waals surface area contributed by atoms with E-state index in [2.05, 4.69) is 0 Å². The number of halogens is 2. The Labute approximate surface area is 106 Å². The molecule has 1 aromatic carbocycles. The molecule has 1 aliphatic carbocycles. The molecule has 0 heterocycles. The number of carbonyl (C=O) groups is 1. The second-order valence-electron chi connectivity index (χ2n) is 4.94. The summed E-state index contributed by atoms with van der Waals surface area (Å²) in [6, 6.07) is 4.88. The Morgan fingerprint density at radius 1 is 1.47 bits per heavy atom. The van der Waals surface area contributed by atoms with E-state index in [4.69, 9.17) is 11.6 Å². The van der Waals surface area contributed by atoms with E-state index in [9.17, 15) is 9.18 Å². The minimum Gasteiger partial charge on any atom is -0.300 e. The molecule has 0 aromatic heterocycles. The van der Waals surface area contributed by atoms with Crippen molar-refractivity contribution in [3.8, 4) is 0 Å². The maximum Gasteiger partial charge on any atom is 0.141 e. The second-order valence-corrected chi connectivity index (χ2v) is 5.35. The van der Waals surface area contributed by atoms with E-state index in [1.807, 2.05) is 0 Å². The van der Waals surface area contributed by atoms with Crippen molar-refractivity contribution in [2.75, 3.05) is 0 Å². The molecule has 1 nitrogen and oxygen atoms in total. The van der Waals surface area contributed by atoms with Crippen LogP contribution in [0.15, 0.2) is 18.2 Å². The van der Waals surface area contributed by atoms with Crippen LogP contribution in [0.1, 0.15) is 31.7 Å². The van der Waals surface area contributed by atoms with Gasteiger partial charge in [-0.15, -0.1) is 0 Å². The van der Waals surface area contributed by atoms with Gasteiger partial charge in [-0.2, -0.15) is 0 Å². The van der Waals surface area contributed by atoms with Crippen molar-refractivity contribution in [2.45, 2.75) is 32.6 Å². The van der Waals surface area contributed by atoms with Gasteiger partial charge in [0.15, 0.2) is 0 Å². The van der Waals surface area contributed by atoms with Crippen molar-refractivity contribution in [2.24, 2.45) is 11.8 Å². The normalized spacial score (nSPS) is 23.9. The van der Waals surface area contributed by atoms with Crippen LogP contribution in [0.4, 0.5) is 4.39 Å². The molecule has 1 aliphatic rings. The zero-order valence-corrected chi connectivity index (χ0v) is 10.6. The lowest BCUT2D eigenvalue weighted by Gasteiger charge is -2.10. The standard InChI is InChI=1S/C14H16ClFO/c1-9(17)12-4-2-10(7-12)6-11-3-5-14(16)13(15)8-11/h3,5,8,10,12H,2,4,6-7H2,1H3/t10-,12+/m0/s1. The number of ketones is 1. The van der Waals surface area contributed by atoms with Crippen LogP contribution in [0.25, 0.3) is 0 Å². The van der Waals surface area contributed by atoms with Gasteiger partial charge in [0.2, 0.25) is 0 Å². The molecule has 1 saturated carbocycles. The van der Waals surface area contributed by atoms with Gasteiger partial charge in [-0.25, -0.2) is 4.39 Å². The van der Waals surface area contributed by atoms with Gasteiger partial charge < -0.3 is 0 Å². The molecule has 2 rings (SSSR count). The third-order valence-corrected chi connectivity index (χ3v) is 3.91. The fraction of sp³-hybridized carbons (Fsp3) is 0.500. The summed E-state index contributed by atoms with van der Waals surface area (Å²) in [5.41, 5.74) is 1.06. The maximum absolute atomic E-state index is 13.0. The third-order valence-electron chi connectivity index (χ3n) is 3.62. The molecule has 0 spiro atoms. The van der Waals surface area contributed by atoms with E-state index in [1.165, 1.54) is 6.07 Å². The molecule has 0 amide bonds. The highest BCUT2D eigenvalue weighted by Crippen LogP contribution is 2.34. The van der Waals surface area contributed by atoms with Gasteiger partial charge in [0.05, 0.1) is 5.02 Å². The van der Waals surface area contributed by atoms with Crippen molar-refractivity contribution in [1.82, 2.24) is 0 Å². The van der Waals surface area contributed by atoms with Crippen molar-refractivity contribution in [1.29, 1.82) is 0 Å². The van der Waals surface area contributed by atoms with Crippen LogP contribution in [-0.2, 0) is 11.2 Å². The van der Waals surface area contributed by atoms with Crippen molar-refractivity contribution in [3.63, 3.8) is 0 Å². The Morgan fingerprint density at radius 3 is 2.82 bits per heavy atom. The van der Waals surface area contributed by atoms with Gasteiger partial charge in [-0.3, -0.25) is 4.79 Å². The van der Waals surface area contributed by atoms with Gasteiger partial charge in [0.1, 0.15) is 11.6 Å². The Kier molecular flexibility index (Phi) is 3.82. The number of hydrogen-bond acceptors (Lipinski definition) is 1. The van der Waals surface area contributed by atoms with Crippen LogP contribution in [0.2, 0.25) is 5.02 Å². The molecule has 0 N–H and O–H groups in total. The molecule has 0 radical (unpaired) electrons. The molecule has 1 aromatic rings. The van der Waals surface area contributed by atoms with Crippen molar-refractivity contribution in [3.05, 3.63) is 34.6 Å². The smallest absolute Gasteiger partial charge is 0.141 e. The quantitative estimate of drug-likeness (QED) is 0.796. The summed E-state index contributed by atoms with van der Waals surface area (Å²) in [6.07, 6.45) is 3.93. The predicted molar refractivity (Wildman–Crippen MR) is 66.6 cm³/mol. The van der Waals surface area contributed by atoms with E-state index < -0.39 is 0 Å². The largest absolute Gasteiger partial charge is 0.300 e. The Balaban J connectivity index is 1.98. The molecule has 3 heteroatoms. The molecule has 2 atom stereocenters. The number of Topliss-reactive ketones (excluding diaryl/α,β-unsaturated/α-hetero) is 1. The minimum absolute atomic E-state index is 0.184. The molecular formula is C14H16ClFO. The Bertz CT molecular complexity index is 430. The third kappa shape index (κ3) is 3.06. The van der Waals surface area contributed by atoms with Gasteiger partial charge in [0.25, 0.3) is 0 Å². The van der Waals surface area contributed by atoms with Crippen LogP contribution >= 0.6 is 11.6 Å². The molecule has 0 bridgehead atoms. The highest BCUT2D eigenvalue weighted by Gasteiger charge is 2.27. The summed E-state index contributed by atoms with van der Waals surface area (Å²) >= 11 is 5.75. The van der Waals surface area contributed by atoms with Gasteiger partial charge in [-0.05, 0) is 56.2 Å².